The summed E-state index contributed by atoms with van der Waals surface area (Å²) in [6.07, 6.45) is 0.742. The van der Waals surface area contributed by atoms with Gasteiger partial charge in [-0.05, 0) is 13.3 Å². The van der Waals surface area contributed by atoms with E-state index in [0.717, 1.165) is 6.42 Å². The highest BCUT2D eigenvalue weighted by atomic mass is 32.1. The molecule has 0 aromatic rings. The molecule has 80 valence electrons. The van der Waals surface area contributed by atoms with E-state index >= 15 is 0 Å². The number of rotatable bonds is 2. The lowest BCUT2D eigenvalue weighted by molar-refractivity contribution is -0.152. The lowest BCUT2D eigenvalue weighted by atomic mass is 10.2. The summed E-state index contributed by atoms with van der Waals surface area (Å²) in [6, 6.07) is -0.504. The van der Waals surface area contributed by atoms with E-state index in [1.807, 2.05) is 0 Å². The molecule has 1 fully saturated rings. The Morgan fingerprint density at radius 2 is 2.21 bits per heavy atom. The van der Waals surface area contributed by atoms with E-state index < -0.39 is 6.04 Å². The van der Waals surface area contributed by atoms with Crippen molar-refractivity contribution in [1.82, 2.24) is 4.90 Å². The van der Waals surface area contributed by atoms with Gasteiger partial charge in [0.1, 0.15) is 6.04 Å². The molecule has 0 spiro atoms. The van der Waals surface area contributed by atoms with E-state index in [1.165, 1.54) is 11.8 Å². The molecule has 0 aromatic heterocycles. The molecule has 0 aromatic carbocycles. The van der Waals surface area contributed by atoms with E-state index in [0.29, 0.717) is 13.2 Å². The van der Waals surface area contributed by atoms with Gasteiger partial charge < -0.3 is 9.64 Å². The van der Waals surface area contributed by atoms with E-state index in [-0.39, 0.29) is 17.1 Å². The molecule has 14 heavy (non-hydrogen) atoms. The Labute approximate surface area is 89.0 Å². The molecule has 0 saturated carbocycles. The Balaban J connectivity index is 2.71. The summed E-state index contributed by atoms with van der Waals surface area (Å²) >= 11 is 4.28. The SMILES string of the molecule is CCOC(=O)C1C(S)CCN1C(C)=O. The molecule has 0 radical (unpaired) electrons. The summed E-state index contributed by atoms with van der Waals surface area (Å²) < 4.78 is 4.89. The number of amides is 1. The van der Waals surface area contributed by atoms with Gasteiger partial charge in [-0.25, -0.2) is 4.79 Å². The van der Waals surface area contributed by atoms with Gasteiger partial charge >= 0.3 is 5.97 Å². The van der Waals surface area contributed by atoms with Gasteiger partial charge in [-0.15, -0.1) is 0 Å². The lowest BCUT2D eigenvalue weighted by Gasteiger charge is -2.23. The number of likely N-dealkylation sites (tertiary alicyclic amines) is 1. The van der Waals surface area contributed by atoms with Crippen molar-refractivity contribution in [1.29, 1.82) is 0 Å². The minimum absolute atomic E-state index is 0.0976. The number of hydrogen-bond donors (Lipinski definition) is 1. The van der Waals surface area contributed by atoms with Crippen molar-refractivity contribution in [3.63, 3.8) is 0 Å². The van der Waals surface area contributed by atoms with Crippen LogP contribution in [0.4, 0.5) is 0 Å². The second kappa shape index (κ2) is 4.68. The zero-order valence-electron chi connectivity index (χ0n) is 8.40. The molecule has 0 bridgehead atoms. The third-order valence-electron chi connectivity index (χ3n) is 2.30. The minimum Gasteiger partial charge on any atom is -0.464 e. The number of hydrogen-bond acceptors (Lipinski definition) is 4. The number of nitrogens with zero attached hydrogens (tertiary/aromatic N) is 1. The Morgan fingerprint density at radius 3 is 2.71 bits per heavy atom. The zero-order chi connectivity index (χ0) is 10.7. The first-order valence-electron chi connectivity index (χ1n) is 4.69. The quantitative estimate of drug-likeness (QED) is 0.540. The number of carbonyl (C=O) groups excluding carboxylic acids is 2. The first kappa shape index (κ1) is 11.4. The standard InChI is InChI=1S/C9H15NO3S/c1-3-13-9(12)8-7(14)4-5-10(8)6(2)11/h7-8,14H,3-5H2,1-2H3. The summed E-state index contributed by atoms with van der Waals surface area (Å²) in [4.78, 5) is 24.2. The predicted octanol–water partition coefficient (Wildman–Crippen LogP) is 0.469. The van der Waals surface area contributed by atoms with Crippen LogP contribution in [0.3, 0.4) is 0 Å². The summed E-state index contributed by atoms with van der Waals surface area (Å²) in [7, 11) is 0. The maximum absolute atomic E-state index is 11.5. The van der Waals surface area contributed by atoms with Crippen LogP contribution < -0.4 is 0 Å². The fourth-order valence-electron chi connectivity index (χ4n) is 1.64. The molecule has 0 N–H and O–H groups in total. The van der Waals surface area contributed by atoms with Crippen LogP contribution in [0.2, 0.25) is 0 Å². The van der Waals surface area contributed by atoms with Crippen LogP contribution in [-0.4, -0.2) is 41.2 Å². The molecule has 4 nitrogen and oxygen atoms in total. The third kappa shape index (κ3) is 2.20. The fourth-order valence-corrected chi connectivity index (χ4v) is 2.04. The van der Waals surface area contributed by atoms with Gasteiger partial charge in [0.2, 0.25) is 5.91 Å². The van der Waals surface area contributed by atoms with Gasteiger partial charge in [0.15, 0.2) is 0 Å². The molecule has 5 heteroatoms. The zero-order valence-corrected chi connectivity index (χ0v) is 9.29. The average molecular weight is 217 g/mol. The van der Waals surface area contributed by atoms with Gasteiger partial charge in [-0.3, -0.25) is 4.79 Å². The van der Waals surface area contributed by atoms with E-state index in [4.69, 9.17) is 4.74 Å². The van der Waals surface area contributed by atoms with Crippen molar-refractivity contribution in [2.75, 3.05) is 13.2 Å². The minimum atomic E-state index is -0.504. The number of esters is 1. The molecule has 1 aliphatic rings. The van der Waals surface area contributed by atoms with Crippen LogP contribution in [0, 0.1) is 0 Å². The summed E-state index contributed by atoms with van der Waals surface area (Å²) in [5.41, 5.74) is 0. The molecule has 1 rings (SSSR count). The monoisotopic (exact) mass is 217 g/mol. The van der Waals surface area contributed by atoms with Crippen LogP contribution in [0.1, 0.15) is 20.3 Å². The third-order valence-corrected chi connectivity index (χ3v) is 2.84. The topological polar surface area (TPSA) is 46.6 Å². The molecular formula is C9H15NO3S. The van der Waals surface area contributed by atoms with Gasteiger partial charge in [-0.1, -0.05) is 0 Å². The maximum Gasteiger partial charge on any atom is 0.329 e. The molecule has 1 aliphatic heterocycles. The highest BCUT2D eigenvalue weighted by molar-refractivity contribution is 7.81. The fraction of sp³-hybridized carbons (Fsp3) is 0.778. The van der Waals surface area contributed by atoms with Crippen LogP contribution >= 0.6 is 12.6 Å². The molecule has 0 aliphatic carbocycles. The van der Waals surface area contributed by atoms with Crippen molar-refractivity contribution < 1.29 is 14.3 Å². The highest BCUT2D eigenvalue weighted by Crippen LogP contribution is 2.23. The number of ether oxygens (including phenoxy) is 1. The van der Waals surface area contributed by atoms with Crippen molar-refractivity contribution in [2.24, 2.45) is 0 Å². The molecule has 2 unspecified atom stereocenters. The van der Waals surface area contributed by atoms with Crippen LogP contribution in [0.5, 0.6) is 0 Å². The van der Waals surface area contributed by atoms with Gasteiger partial charge in [0.25, 0.3) is 0 Å². The summed E-state index contributed by atoms with van der Waals surface area (Å²) in [5, 5.41) is -0.0991. The van der Waals surface area contributed by atoms with Gasteiger partial charge in [-0.2, -0.15) is 12.6 Å². The van der Waals surface area contributed by atoms with E-state index in [1.54, 1.807) is 6.92 Å². The maximum atomic E-state index is 11.5. The molecule has 1 saturated heterocycles. The molecule has 1 heterocycles. The average Bonchev–Trinajstić information content (AvgIpc) is 2.47. The van der Waals surface area contributed by atoms with Crippen LogP contribution in [0.15, 0.2) is 0 Å². The normalized spacial score (nSPS) is 26.4. The molecule has 2 atom stereocenters. The summed E-state index contributed by atoms with van der Waals surface area (Å²) in [5.74, 6) is -0.445. The Morgan fingerprint density at radius 1 is 1.57 bits per heavy atom. The number of thiol groups is 1. The second-order valence-electron chi connectivity index (χ2n) is 3.27. The van der Waals surface area contributed by atoms with Gasteiger partial charge in [0.05, 0.1) is 6.61 Å². The highest BCUT2D eigenvalue weighted by Gasteiger charge is 2.39. The summed E-state index contributed by atoms with van der Waals surface area (Å²) in [6.45, 7) is 4.13. The Kier molecular flexibility index (Phi) is 3.80. The van der Waals surface area contributed by atoms with Crippen molar-refractivity contribution in [2.45, 2.75) is 31.6 Å². The van der Waals surface area contributed by atoms with Crippen molar-refractivity contribution in [3.05, 3.63) is 0 Å². The number of carbonyl (C=O) groups is 2. The predicted molar refractivity (Wildman–Crippen MR) is 55.2 cm³/mol. The van der Waals surface area contributed by atoms with E-state index in [9.17, 15) is 9.59 Å². The molecule has 1 amide bonds. The first-order valence-corrected chi connectivity index (χ1v) is 5.21. The Bertz CT molecular complexity index is 244. The molecular weight excluding hydrogens is 202 g/mol. The van der Waals surface area contributed by atoms with Gasteiger partial charge in [0, 0.05) is 18.7 Å². The Hall–Kier alpha value is -0.710. The lowest BCUT2D eigenvalue weighted by Crippen LogP contribution is -2.43. The van der Waals surface area contributed by atoms with Crippen LogP contribution in [-0.2, 0) is 14.3 Å². The van der Waals surface area contributed by atoms with E-state index in [2.05, 4.69) is 12.6 Å². The largest absolute Gasteiger partial charge is 0.464 e. The smallest absolute Gasteiger partial charge is 0.329 e. The van der Waals surface area contributed by atoms with Crippen molar-refractivity contribution >= 4 is 24.5 Å². The van der Waals surface area contributed by atoms with Crippen LogP contribution in [0.25, 0.3) is 0 Å². The second-order valence-corrected chi connectivity index (χ2v) is 3.93. The van der Waals surface area contributed by atoms with Crippen molar-refractivity contribution in [3.8, 4) is 0 Å². The first-order chi connectivity index (χ1) is 6.57.